The summed E-state index contributed by atoms with van der Waals surface area (Å²) in [6, 6.07) is 0. The standard InChI is InChI=1S/C9H15N5O5/c10-5-3(1-12-13-8(5)18)14(11)9-7(17)6(16)4(2-15)19-9/h1,4,6-7,9,15-17H,2,11H2,(H2,10,12)(H,13,18). The second-order valence-electron chi connectivity index (χ2n) is 4.13. The van der Waals surface area contributed by atoms with Crippen LogP contribution in [0.15, 0.2) is 11.0 Å². The Bertz CT molecular complexity index is 508. The monoisotopic (exact) mass is 273 g/mol. The number of H-pyrrole nitrogens is 1. The van der Waals surface area contributed by atoms with Crippen molar-refractivity contribution in [2.24, 2.45) is 5.84 Å². The summed E-state index contributed by atoms with van der Waals surface area (Å²) < 4.78 is 5.20. The molecule has 1 aliphatic rings. The fourth-order valence-electron chi connectivity index (χ4n) is 1.85. The van der Waals surface area contributed by atoms with Crippen LogP contribution >= 0.6 is 0 Å². The predicted molar refractivity (Wildman–Crippen MR) is 63.7 cm³/mol. The number of hydrogen-bond acceptors (Lipinski definition) is 9. The Kier molecular flexibility index (Phi) is 3.68. The van der Waals surface area contributed by atoms with Crippen molar-refractivity contribution in [1.29, 1.82) is 0 Å². The molecular weight excluding hydrogens is 258 g/mol. The Morgan fingerprint density at radius 3 is 2.74 bits per heavy atom. The van der Waals surface area contributed by atoms with Gasteiger partial charge >= 0.3 is 0 Å². The highest BCUT2D eigenvalue weighted by atomic mass is 16.6. The Morgan fingerprint density at radius 1 is 1.47 bits per heavy atom. The summed E-state index contributed by atoms with van der Waals surface area (Å²) in [5.41, 5.74) is 4.75. The first kappa shape index (κ1) is 13.7. The van der Waals surface area contributed by atoms with Crippen molar-refractivity contribution in [2.75, 3.05) is 17.3 Å². The molecule has 0 spiro atoms. The van der Waals surface area contributed by atoms with Gasteiger partial charge in [0.05, 0.1) is 12.8 Å². The largest absolute Gasteiger partial charge is 0.394 e. The average molecular weight is 273 g/mol. The molecule has 1 aromatic rings. The van der Waals surface area contributed by atoms with Gasteiger partial charge in [-0.15, -0.1) is 0 Å². The van der Waals surface area contributed by atoms with Crippen LogP contribution in [0.4, 0.5) is 11.4 Å². The summed E-state index contributed by atoms with van der Waals surface area (Å²) in [5, 5.41) is 34.9. The van der Waals surface area contributed by atoms with Gasteiger partial charge in [0, 0.05) is 0 Å². The zero-order valence-electron chi connectivity index (χ0n) is 9.80. The van der Waals surface area contributed by atoms with E-state index < -0.39 is 36.7 Å². The van der Waals surface area contributed by atoms with Crippen LogP contribution in [0.1, 0.15) is 0 Å². The molecular formula is C9H15N5O5. The van der Waals surface area contributed by atoms with Crippen LogP contribution in [-0.4, -0.2) is 56.7 Å². The van der Waals surface area contributed by atoms with E-state index in [0.29, 0.717) is 0 Å². The van der Waals surface area contributed by atoms with Gasteiger partial charge in [-0.05, 0) is 0 Å². The van der Waals surface area contributed by atoms with Crippen molar-refractivity contribution >= 4 is 11.4 Å². The number of nitrogen functional groups attached to an aromatic ring is 1. The summed E-state index contributed by atoms with van der Waals surface area (Å²) in [6.45, 7) is -0.480. The summed E-state index contributed by atoms with van der Waals surface area (Å²) in [4.78, 5) is 11.3. The highest BCUT2D eigenvalue weighted by molar-refractivity contribution is 5.64. The molecule has 10 nitrogen and oxygen atoms in total. The molecule has 0 amide bonds. The zero-order valence-corrected chi connectivity index (χ0v) is 9.80. The second kappa shape index (κ2) is 5.11. The van der Waals surface area contributed by atoms with E-state index in [2.05, 4.69) is 10.2 Å². The topological polar surface area (TPSA) is 171 Å². The Hall–Kier alpha value is -1.72. The number of aliphatic hydroxyl groups is 3. The molecule has 1 fully saturated rings. The van der Waals surface area contributed by atoms with Gasteiger partial charge in [-0.1, -0.05) is 0 Å². The molecule has 0 radical (unpaired) electrons. The zero-order chi connectivity index (χ0) is 14.2. The fraction of sp³-hybridized carbons (Fsp3) is 0.556. The van der Waals surface area contributed by atoms with Gasteiger partial charge in [-0.25, -0.2) is 10.9 Å². The van der Waals surface area contributed by atoms with Gasteiger partial charge in [0.2, 0.25) is 0 Å². The molecule has 19 heavy (non-hydrogen) atoms. The minimum absolute atomic E-state index is 0.0404. The first-order chi connectivity index (χ1) is 8.97. The van der Waals surface area contributed by atoms with E-state index in [1.165, 1.54) is 6.20 Å². The molecule has 2 rings (SSSR count). The highest BCUT2D eigenvalue weighted by Gasteiger charge is 2.45. The van der Waals surface area contributed by atoms with E-state index in [-0.39, 0.29) is 11.4 Å². The van der Waals surface area contributed by atoms with Crippen molar-refractivity contribution in [3.63, 3.8) is 0 Å². The fourth-order valence-corrected chi connectivity index (χ4v) is 1.85. The van der Waals surface area contributed by atoms with Gasteiger partial charge in [-0.3, -0.25) is 9.80 Å². The third kappa shape index (κ3) is 2.27. The first-order valence-electron chi connectivity index (χ1n) is 5.47. The average Bonchev–Trinajstić information content (AvgIpc) is 2.68. The Balaban J connectivity index is 2.27. The third-order valence-electron chi connectivity index (χ3n) is 2.94. The van der Waals surface area contributed by atoms with Crippen LogP contribution in [0.2, 0.25) is 0 Å². The van der Waals surface area contributed by atoms with Crippen LogP contribution in [-0.2, 0) is 4.74 Å². The van der Waals surface area contributed by atoms with Crippen molar-refractivity contribution < 1.29 is 20.1 Å². The lowest BCUT2D eigenvalue weighted by Crippen LogP contribution is -2.49. The number of rotatable bonds is 3. The summed E-state index contributed by atoms with van der Waals surface area (Å²) in [7, 11) is 0. The number of aromatic nitrogens is 2. The molecule has 10 heteroatoms. The third-order valence-corrected chi connectivity index (χ3v) is 2.94. The van der Waals surface area contributed by atoms with E-state index in [1.54, 1.807) is 0 Å². The molecule has 4 atom stereocenters. The molecule has 1 saturated heterocycles. The van der Waals surface area contributed by atoms with Crippen LogP contribution in [0.5, 0.6) is 0 Å². The maximum absolute atomic E-state index is 11.3. The molecule has 0 aliphatic carbocycles. The van der Waals surface area contributed by atoms with Gasteiger partial charge in [0.15, 0.2) is 6.23 Å². The van der Waals surface area contributed by atoms with Crippen LogP contribution in [0.25, 0.3) is 0 Å². The Morgan fingerprint density at radius 2 is 2.16 bits per heavy atom. The lowest BCUT2D eigenvalue weighted by molar-refractivity contribution is -0.0225. The number of hydrogen-bond donors (Lipinski definition) is 6. The van der Waals surface area contributed by atoms with Crippen molar-refractivity contribution in [3.05, 3.63) is 16.6 Å². The van der Waals surface area contributed by atoms with Gasteiger partial charge in [0.1, 0.15) is 29.7 Å². The summed E-state index contributed by atoms with van der Waals surface area (Å²) >= 11 is 0. The number of aromatic amines is 1. The quantitative estimate of drug-likeness (QED) is 0.241. The highest BCUT2D eigenvalue weighted by Crippen LogP contribution is 2.27. The predicted octanol–water partition coefficient (Wildman–Crippen LogP) is -3.53. The molecule has 4 unspecified atom stereocenters. The normalized spacial score (nSPS) is 30.5. The van der Waals surface area contributed by atoms with Crippen LogP contribution in [0.3, 0.4) is 0 Å². The Labute approximate surface area is 107 Å². The molecule has 0 aromatic carbocycles. The van der Waals surface area contributed by atoms with Crippen molar-refractivity contribution in [1.82, 2.24) is 10.2 Å². The molecule has 2 heterocycles. The summed E-state index contributed by atoms with van der Waals surface area (Å²) in [6.07, 6.45) is -3.59. The van der Waals surface area contributed by atoms with Gasteiger partial charge < -0.3 is 25.8 Å². The second-order valence-corrected chi connectivity index (χ2v) is 4.13. The van der Waals surface area contributed by atoms with Crippen LogP contribution < -0.4 is 22.1 Å². The first-order valence-corrected chi connectivity index (χ1v) is 5.47. The number of anilines is 2. The maximum Gasteiger partial charge on any atom is 0.289 e. The van der Waals surface area contributed by atoms with E-state index >= 15 is 0 Å². The molecule has 0 bridgehead atoms. The number of nitrogens with two attached hydrogens (primary N) is 2. The van der Waals surface area contributed by atoms with Gasteiger partial charge in [0.25, 0.3) is 5.56 Å². The minimum atomic E-state index is -1.36. The van der Waals surface area contributed by atoms with E-state index in [4.69, 9.17) is 21.4 Å². The van der Waals surface area contributed by atoms with Crippen molar-refractivity contribution in [2.45, 2.75) is 24.5 Å². The number of nitrogens with one attached hydrogen (secondary N) is 1. The molecule has 8 N–H and O–H groups in total. The molecule has 1 aromatic heterocycles. The summed E-state index contributed by atoms with van der Waals surface area (Å²) in [5.74, 6) is 5.72. The van der Waals surface area contributed by atoms with E-state index in [9.17, 15) is 15.0 Å². The lowest BCUT2D eigenvalue weighted by Gasteiger charge is -2.27. The van der Waals surface area contributed by atoms with E-state index in [1.807, 2.05) is 0 Å². The SMILES string of the molecule is Nc1c(N(N)C2OC(CO)C(O)C2O)cn[nH]c1=O. The smallest absolute Gasteiger partial charge is 0.289 e. The molecule has 106 valence electrons. The maximum atomic E-state index is 11.3. The lowest BCUT2D eigenvalue weighted by atomic mass is 10.1. The van der Waals surface area contributed by atoms with Gasteiger partial charge in [-0.2, -0.15) is 5.10 Å². The number of aliphatic hydroxyl groups excluding tert-OH is 3. The molecule has 1 aliphatic heterocycles. The number of ether oxygens (including phenoxy) is 1. The van der Waals surface area contributed by atoms with Crippen molar-refractivity contribution in [3.8, 4) is 0 Å². The number of nitrogens with zero attached hydrogens (tertiary/aromatic N) is 2. The number of hydrazine groups is 1. The van der Waals surface area contributed by atoms with Crippen LogP contribution in [0, 0.1) is 0 Å². The minimum Gasteiger partial charge on any atom is -0.394 e. The molecule has 0 saturated carbocycles. The van der Waals surface area contributed by atoms with E-state index in [0.717, 1.165) is 5.01 Å².